The van der Waals surface area contributed by atoms with E-state index in [1.165, 1.54) is 29.7 Å². The van der Waals surface area contributed by atoms with Gasteiger partial charge in [0.25, 0.3) is 5.56 Å². The molecule has 3 aromatic heterocycles. The maximum absolute atomic E-state index is 13.4. The third kappa shape index (κ3) is 18.2. The molecule has 0 spiro atoms. The summed E-state index contributed by atoms with van der Waals surface area (Å²) in [4.78, 5) is 90.6. The number of piperidine rings is 2. The molecule has 0 aliphatic carbocycles. The van der Waals surface area contributed by atoms with Crippen molar-refractivity contribution in [1.29, 1.82) is 0 Å². The van der Waals surface area contributed by atoms with Crippen LogP contribution in [-0.2, 0) is 73.2 Å². The van der Waals surface area contributed by atoms with Crippen molar-refractivity contribution in [2.24, 2.45) is 25.9 Å². The highest BCUT2D eigenvalue weighted by molar-refractivity contribution is 14.1. The number of halogens is 1. The molecule has 0 bridgehead atoms. The number of methoxy groups -OCH3 is 2. The summed E-state index contributed by atoms with van der Waals surface area (Å²) in [5.41, 5.74) is 7.61. The molecule has 11 rings (SSSR count). The molecule has 4 aliphatic heterocycles. The van der Waals surface area contributed by atoms with Crippen molar-refractivity contribution in [3.05, 3.63) is 147 Å². The van der Waals surface area contributed by atoms with Crippen LogP contribution in [0.5, 0.6) is 0 Å². The number of urea groups is 1. The number of rotatable bonds is 20. The number of carbonyl (C=O) groups is 4. The molecule has 4 saturated heterocycles. The molecule has 7 aromatic rings. The van der Waals surface area contributed by atoms with Crippen LogP contribution < -0.4 is 16.7 Å². The Kier molecular flexibility index (Phi) is 27.0. The SMILES string of the molecule is C.C.CN1CC(I)C(=O)N(C)C1=O.COCCCn1c([C@@H]2CCCN(C(=O)C[C@H](C)Cc3ccc(-c4cn(C)c(=O)n(C)c4=O)cc3)C2)nc2ccccc21.COCCCn1c([C@@H]2CCCN(C(=O)C[C@H](C)Cc3ccc(B4OC(C)(C)C(C)(C)O4)cc3)C2)nc2ccccc21. The minimum absolute atomic E-state index is 0. The molecule has 4 fully saturated rings. The van der Waals surface area contributed by atoms with Gasteiger partial charge in [0.2, 0.25) is 17.7 Å². The van der Waals surface area contributed by atoms with Gasteiger partial charge in [0, 0.05) is 132 Å². The van der Waals surface area contributed by atoms with E-state index in [1.54, 1.807) is 39.4 Å². The molecule has 5 atom stereocenters. The van der Waals surface area contributed by atoms with E-state index < -0.39 is 0 Å². The predicted molar refractivity (Wildman–Crippen MR) is 391 cm³/mol. The van der Waals surface area contributed by atoms with Crippen molar-refractivity contribution in [3.8, 4) is 11.1 Å². The molecule has 0 saturated carbocycles. The van der Waals surface area contributed by atoms with Crippen LogP contribution >= 0.6 is 22.6 Å². The number of benzene rings is 4. The number of amides is 5. The minimum Gasteiger partial charge on any atom is -0.399 e. The quantitative estimate of drug-likeness (QED) is 0.0303. The van der Waals surface area contributed by atoms with Gasteiger partial charge in [-0.2, -0.15) is 0 Å². The summed E-state index contributed by atoms with van der Waals surface area (Å²) >= 11 is 2.04. The van der Waals surface area contributed by atoms with Gasteiger partial charge in [-0.3, -0.25) is 28.6 Å². The molecule has 520 valence electrons. The van der Waals surface area contributed by atoms with E-state index in [9.17, 15) is 28.8 Å². The Balaban J connectivity index is 0.000000229. The molecule has 20 nitrogen and oxygen atoms in total. The third-order valence-electron chi connectivity index (χ3n) is 19.2. The van der Waals surface area contributed by atoms with Crippen LogP contribution in [0.1, 0.15) is 142 Å². The fourth-order valence-corrected chi connectivity index (χ4v) is 14.2. The standard InChI is InChI=1S/C33H46BN3O4.C33H41N5O4.C6H9IN2O2.2CH4/c1-24(21-25-14-16-27(17-15-25)34-40-32(2,3)33(4,5)41-34)22-30(38)36-18-9-11-26(23-36)31-35-28-12-7-8-13-29(28)37(31)19-10-20-39-6;1-23(19-24-12-14-25(15-13-24)27-22-35(2)33(41)36(3)32(27)40)20-30(39)37-16-7-9-26(21-37)31-34-28-10-5-6-11-29(28)38(31)17-8-18-42-4;1-8-3-4(7)5(10)9(2)6(8)11;;/h7-8,12-17,24,26H,9-11,18-23H2,1-6H3;5-6,10-15,22-23,26H,7-9,16-21H2,1-4H3;4H,3H2,1-2H3;2*1H4/t24-,26-;23-,26-;;;/m11.../s1. The summed E-state index contributed by atoms with van der Waals surface area (Å²) in [7, 11) is 9.45. The summed E-state index contributed by atoms with van der Waals surface area (Å²) in [6.07, 6.45) is 10.2. The lowest BCUT2D eigenvalue weighted by atomic mass is 9.78. The van der Waals surface area contributed by atoms with Crippen molar-refractivity contribution in [2.45, 2.75) is 161 Å². The van der Waals surface area contributed by atoms with Gasteiger partial charge in [-0.15, -0.1) is 0 Å². The summed E-state index contributed by atoms with van der Waals surface area (Å²) in [6.45, 7) is 19.3. The fraction of sp³-hybridized carbons (Fsp3) is 0.541. The number of likely N-dealkylation sites (tertiary alicyclic amines) is 2. The number of carbonyl (C=O) groups excluding carboxylic acids is 4. The minimum atomic E-state index is -0.353. The Hall–Kier alpha value is -6.99. The third-order valence-corrected chi connectivity index (χ3v) is 20.1. The van der Waals surface area contributed by atoms with E-state index in [0.29, 0.717) is 38.1 Å². The Morgan fingerprint density at radius 1 is 0.646 bits per heavy atom. The first-order chi connectivity index (χ1) is 44.9. The molecule has 7 heterocycles. The maximum atomic E-state index is 13.4. The van der Waals surface area contributed by atoms with Crippen LogP contribution in [0.3, 0.4) is 0 Å². The molecule has 0 radical (unpaired) electrons. The van der Waals surface area contributed by atoms with E-state index >= 15 is 0 Å². The zero-order valence-electron chi connectivity index (χ0n) is 57.1. The number of ether oxygens (including phenoxy) is 2. The predicted octanol–water partition coefficient (Wildman–Crippen LogP) is 11.0. The molecular weight excluding hydrogens is 1330 g/mol. The van der Waals surface area contributed by atoms with Gasteiger partial charge in [0.1, 0.15) is 15.6 Å². The molecule has 0 N–H and O–H groups in total. The van der Waals surface area contributed by atoms with Gasteiger partial charge in [0.15, 0.2) is 0 Å². The summed E-state index contributed by atoms with van der Waals surface area (Å²) in [5, 5.41) is 0. The lowest BCUT2D eigenvalue weighted by Crippen LogP contribution is -2.54. The topological polar surface area (TPSA) is 198 Å². The second kappa shape index (κ2) is 34.0. The van der Waals surface area contributed by atoms with Crippen molar-refractivity contribution < 1.29 is 38.0 Å². The first kappa shape index (κ1) is 76.4. The first-order valence-electron chi connectivity index (χ1n) is 33.3. The Labute approximate surface area is 582 Å². The van der Waals surface area contributed by atoms with E-state index in [0.717, 1.165) is 145 Å². The molecule has 5 amide bonds. The number of para-hydroxylation sites is 4. The monoisotopic (exact) mass is 1430 g/mol. The number of alkyl halides is 1. The Morgan fingerprint density at radius 2 is 1.09 bits per heavy atom. The number of imidazole rings is 2. The Bertz CT molecular complexity index is 3850. The summed E-state index contributed by atoms with van der Waals surface area (Å²) in [6, 6.07) is 32.7. The molecular formula is C74H104BIN10O10. The molecule has 1 unspecified atom stereocenters. The van der Waals surface area contributed by atoms with Gasteiger partial charge < -0.3 is 47.2 Å². The molecule has 4 aromatic carbocycles. The van der Waals surface area contributed by atoms with Gasteiger partial charge in [-0.1, -0.05) is 124 Å². The fourth-order valence-electron chi connectivity index (χ4n) is 13.2. The van der Waals surface area contributed by atoms with Crippen LogP contribution in [0.15, 0.2) is 113 Å². The highest BCUT2D eigenvalue weighted by Gasteiger charge is 2.51. The molecule has 22 heteroatoms. The summed E-state index contributed by atoms with van der Waals surface area (Å²) < 4.78 is 30.1. The zero-order valence-corrected chi connectivity index (χ0v) is 59.3. The van der Waals surface area contributed by atoms with Crippen molar-refractivity contribution in [2.75, 3.05) is 74.3 Å². The number of aromatic nitrogens is 6. The van der Waals surface area contributed by atoms with Crippen LogP contribution in [0, 0.1) is 11.8 Å². The second-order valence-electron chi connectivity index (χ2n) is 27.2. The first-order valence-corrected chi connectivity index (χ1v) is 34.5. The summed E-state index contributed by atoms with van der Waals surface area (Å²) in [5.74, 6) is 3.41. The molecule has 4 aliphatic rings. The lowest BCUT2D eigenvalue weighted by Gasteiger charge is -2.33. The van der Waals surface area contributed by atoms with Crippen LogP contribution in [-0.4, -0.2) is 168 Å². The number of hydrogen-bond acceptors (Lipinski definition) is 12. The number of nitrogens with zero attached hydrogens (tertiary/aromatic N) is 10. The van der Waals surface area contributed by atoms with Gasteiger partial charge in [0.05, 0.1) is 38.8 Å². The van der Waals surface area contributed by atoms with Crippen molar-refractivity contribution >= 4 is 81.0 Å². The normalized spacial score (nSPS) is 19.1. The van der Waals surface area contributed by atoms with E-state index in [2.05, 4.69) is 116 Å². The van der Waals surface area contributed by atoms with Crippen LogP contribution in [0.2, 0.25) is 0 Å². The molecule has 96 heavy (non-hydrogen) atoms. The van der Waals surface area contributed by atoms with E-state index in [1.807, 2.05) is 63.9 Å². The smallest absolute Gasteiger partial charge is 0.399 e. The highest BCUT2D eigenvalue weighted by atomic mass is 127. The van der Waals surface area contributed by atoms with Crippen LogP contribution in [0.4, 0.5) is 4.79 Å². The van der Waals surface area contributed by atoms with Gasteiger partial charge in [-0.25, -0.2) is 19.6 Å². The van der Waals surface area contributed by atoms with Crippen molar-refractivity contribution in [3.63, 3.8) is 0 Å². The maximum Gasteiger partial charge on any atom is 0.494 e. The van der Waals surface area contributed by atoms with E-state index in [4.69, 9.17) is 28.8 Å². The van der Waals surface area contributed by atoms with Gasteiger partial charge >= 0.3 is 18.8 Å². The lowest BCUT2D eigenvalue weighted by molar-refractivity contribution is -0.134. The number of imide groups is 1. The average Bonchev–Trinajstić information content (AvgIpc) is 1.55. The second-order valence-corrected chi connectivity index (χ2v) is 28.7. The highest BCUT2D eigenvalue weighted by Crippen LogP contribution is 2.37. The van der Waals surface area contributed by atoms with Gasteiger partial charge in [-0.05, 0) is 137 Å². The van der Waals surface area contributed by atoms with Crippen LogP contribution in [0.25, 0.3) is 33.2 Å². The number of hydrogen-bond donors (Lipinski definition) is 0. The van der Waals surface area contributed by atoms with E-state index in [-0.39, 0.29) is 95.8 Å². The largest absolute Gasteiger partial charge is 0.494 e. The Morgan fingerprint density at radius 3 is 1.55 bits per heavy atom. The number of aryl methyl sites for hydroxylation is 3. The number of fused-ring (bicyclic) bond motifs is 2. The average molecular weight is 1430 g/mol. The van der Waals surface area contributed by atoms with Crippen molar-refractivity contribution in [1.82, 2.24) is 47.8 Å². The zero-order chi connectivity index (χ0) is 67.6.